The quantitative estimate of drug-likeness (QED) is 0.383. The Bertz CT molecular complexity index is 1090. The zero-order valence-electron chi connectivity index (χ0n) is 17.8. The lowest BCUT2D eigenvalue weighted by atomic mass is 9.79. The Morgan fingerprint density at radius 3 is 2.34 bits per heavy atom. The van der Waals surface area contributed by atoms with E-state index in [-0.39, 0.29) is 0 Å². The molecule has 0 amide bonds. The second-order valence-corrected chi connectivity index (χ2v) is 10.4. The summed E-state index contributed by atoms with van der Waals surface area (Å²) in [5.41, 5.74) is 8.41. The zero-order valence-corrected chi connectivity index (χ0v) is 21.0. The van der Waals surface area contributed by atoms with E-state index >= 15 is 0 Å². The van der Waals surface area contributed by atoms with Gasteiger partial charge in [0.2, 0.25) is 0 Å². The average molecular weight is 561 g/mol. The van der Waals surface area contributed by atoms with E-state index in [1.807, 2.05) is 18.3 Å². The van der Waals surface area contributed by atoms with Crippen LogP contribution in [0.25, 0.3) is 10.9 Å². The third-order valence-corrected chi connectivity index (χ3v) is 8.08. The van der Waals surface area contributed by atoms with Gasteiger partial charge in [-0.1, -0.05) is 0 Å². The fraction of sp³-hybridized carbons (Fsp3) is 0.435. The molecule has 5 rings (SSSR count). The molecule has 7 nitrogen and oxygen atoms in total. The van der Waals surface area contributed by atoms with E-state index in [4.69, 9.17) is 10.7 Å². The third kappa shape index (κ3) is 4.56. The molecule has 2 aliphatic heterocycles. The van der Waals surface area contributed by atoms with E-state index in [1.165, 1.54) is 38.8 Å². The Kier molecular flexibility index (Phi) is 6.48. The number of fused-ring (bicyclic) bond motifs is 1. The summed E-state index contributed by atoms with van der Waals surface area (Å²) < 4.78 is 1.65. The molecule has 0 atom stereocenters. The van der Waals surface area contributed by atoms with Crippen LogP contribution in [0.5, 0.6) is 0 Å². The van der Waals surface area contributed by atoms with Crippen molar-refractivity contribution in [2.24, 2.45) is 11.8 Å². The molecule has 4 heterocycles. The van der Waals surface area contributed by atoms with Crippen molar-refractivity contribution in [3.05, 3.63) is 39.7 Å². The van der Waals surface area contributed by atoms with Crippen molar-refractivity contribution in [3.8, 4) is 0 Å². The highest BCUT2D eigenvalue weighted by Gasteiger charge is 2.28. The van der Waals surface area contributed by atoms with Gasteiger partial charge < -0.3 is 21.3 Å². The van der Waals surface area contributed by atoms with Crippen LogP contribution in [0.4, 0.5) is 23.0 Å². The van der Waals surface area contributed by atoms with Crippen molar-refractivity contribution < 1.29 is 0 Å². The number of halogens is 2. The summed E-state index contributed by atoms with van der Waals surface area (Å²) in [7, 11) is 0. The van der Waals surface area contributed by atoms with Gasteiger partial charge in [0, 0.05) is 33.1 Å². The molecule has 2 aliphatic rings. The average Bonchev–Trinajstić information content (AvgIpc) is 2.83. The number of rotatable bonds is 4. The maximum Gasteiger partial charge on any atom is 0.141 e. The van der Waals surface area contributed by atoms with E-state index in [0.29, 0.717) is 5.69 Å². The predicted molar refractivity (Wildman–Crippen MR) is 137 cm³/mol. The molecule has 168 valence electrons. The molecule has 2 aromatic heterocycles. The van der Waals surface area contributed by atoms with Crippen molar-refractivity contribution in [3.63, 3.8) is 0 Å². The van der Waals surface area contributed by atoms with Gasteiger partial charge in [-0.2, -0.15) is 0 Å². The number of pyridine rings is 1. The fourth-order valence-electron chi connectivity index (χ4n) is 4.93. The summed E-state index contributed by atoms with van der Waals surface area (Å²) in [6, 6.07) is 6.01. The van der Waals surface area contributed by atoms with Gasteiger partial charge in [0.1, 0.15) is 18.0 Å². The number of nitrogen functional groups attached to an aromatic ring is 1. The maximum absolute atomic E-state index is 6.03. The van der Waals surface area contributed by atoms with Crippen LogP contribution in [-0.2, 0) is 0 Å². The SMILES string of the molecule is Nc1c(Br)cc(Nc2ncnc3cnc(N4CCC(C5CCNCC5)CC4)cc23)cc1Br. The van der Waals surface area contributed by atoms with Crippen molar-refractivity contribution >= 4 is 65.8 Å². The number of hydrogen-bond acceptors (Lipinski definition) is 7. The van der Waals surface area contributed by atoms with Crippen LogP contribution >= 0.6 is 31.9 Å². The van der Waals surface area contributed by atoms with Crippen LogP contribution in [0.3, 0.4) is 0 Å². The summed E-state index contributed by atoms with van der Waals surface area (Å²) >= 11 is 7.02. The lowest BCUT2D eigenvalue weighted by Crippen LogP contribution is -2.39. The molecule has 0 saturated carbocycles. The summed E-state index contributed by atoms with van der Waals surface area (Å²) in [6.45, 7) is 4.46. The van der Waals surface area contributed by atoms with Crippen molar-refractivity contribution in [2.45, 2.75) is 25.7 Å². The first-order chi connectivity index (χ1) is 15.6. The number of nitrogens with one attached hydrogen (secondary N) is 2. The first-order valence-corrected chi connectivity index (χ1v) is 12.7. The standard InChI is InChI=1S/C23H27Br2N7/c24-18-9-16(10-19(25)22(18)26)31-23-17-11-21(28-12-20(17)29-13-30-23)32-7-3-15(4-8-32)14-1-5-27-6-2-14/h9-15,27H,1-8,26H2,(H,29,30,31). The second-order valence-electron chi connectivity index (χ2n) is 8.67. The van der Waals surface area contributed by atoms with E-state index in [0.717, 1.165) is 62.1 Å². The number of nitrogens with zero attached hydrogens (tertiary/aromatic N) is 4. The largest absolute Gasteiger partial charge is 0.397 e. The van der Waals surface area contributed by atoms with Gasteiger partial charge in [-0.05, 0) is 101 Å². The molecule has 4 N–H and O–H groups in total. The maximum atomic E-state index is 6.03. The first kappa shape index (κ1) is 21.9. The minimum absolute atomic E-state index is 0.669. The van der Waals surface area contributed by atoms with Gasteiger partial charge in [0.05, 0.1) is 17.4 Å². The van der Waals surface area contributed by atoms with Gasteiger partial charge >= 0.3 is 0 Å². The summed E-state index contributed by atoms with van der Waals surface area (Å²) in [6.07, 6.45) is 8.55. The normalized spacial score (nSPS) is 18.2. The molecular formula is C23H27Br2N7. The van der Waals surface area contributed by atoms with Gasteiger partial charge in [0.15, 0.2) is 0 Å². The van der Waals surface area contributed by atoms with Gasteiger partial charge in [-0.3, -0.25) is 0 Å². The van der Waals surface area contributed by atoms with E-state index in [1.54, 1.807) is 6.33 Å². The molecule has 32 heavy (non-hydrogen) atoms. The molecule has 0 unspecified atom stereocenters. The van der Waals surface area contributed by atoms with Crippen molar-refractivity contribution in [2.75, 3.05) is 42.1 Å². The van der Waals surface area contributed by atoms with Crippen LogP contribution in [0.15, 0.2) is 39.7 Å². The van der Waals surface area contributed by atoms with Gasteiger partial charge in [-0.15, -0.1) is 0 Å². The minimum atomic E-state index is 0.669. The van der Waals surface area contributed by atoms with Crippen LogP contribution in [0.1, 0.15) is 25.7 Å². The molecule has 9 heteroatoms. The highest BCUT2D eigenvalue weighted by Crippen LogP contribution is 2.35. The Morgan fingerprint density at radius 1 is 0.938 bits per heavy atom. The molecule has 2 fully saturated rings. The molecule has 0 radical (unpaired) electrons. The Hall–Kier alpha value is -1.97. The number of piperidine rings is 2. The van der Waals surface area contributed by atoms with E-state index < -0.39 is 0 Å². The first-order valence-electron chi connectivity index (χ1n) is 11.2. The minimum Gasteiger partial charge on any atom is -0.397 e. The smallest absolute Gasteiger partial charge is 0.141 e. The third-order valence-electron chi connectivity index (χ3n) is 6.76. The fourth-order valence-corrected chi connectivity index (χ4v) is 6.12. The Balaban J connectivity index is 1.36. The van der Waals surface area contributed by atoms with Crippen molar-refractivity contribution in [1.29, 1.82) is 0 Å². The highest BCUT2D eigenvalue weighted by atomic mass is 79.9. The van der Waals surface area contributed by atoms with E-state index in [2.05, 4.69) is 63.4 Å². The van der Waals surface area contributed by atoms with Crippen LogP contribution in [0, 0.1) is 11.8 Å². The van der Waals surface area contributed by atoms with Crippen LogP contribution in [0.2, 0.25) is 0 Å². The number of nitrogens with two attached hydrogens (primary N) is 1. The van der Waals surface area contributed by atoms with Crippen LogP contribution in [-0.4, -0.2) is 41.1 Å². The number of benzene rings is 1. The Morgan fingerprint density at radius 2 is 1.62 bits per heavy atom. The molecule has 1 aromatic carbocycles. The number of anilines is 4. The molecule has 0 aliphatic carbocycles. The predicted octanol–water partition coefficient (Wildman–Crippen LogP) is 5.09. The van der Waals surface area contributed by atoms with Crippen LogP contribution < -0.4 is 21.3 Å². The Labute approximate surface area is 204 Å². The molecule has 0 bridgehead atoms. The van der Waals surface area contributed by atoms with Gasteiger partial charge in [-0.25, -0.2) is 15.0 Å². The second kappa shape index (κ2) is 9.49. The monoisotopic (exact) mass is 559 g/mol. The molecule has 2 saturated heterocycles. The lowest BCUT2D eigenvalue weighted by molar-refractivity contribution is 0.222. The molecule has 0 spiro atoms. The summed E-state index contributed by atoms with van der Waals surface area (Å²) in [5.74, 6) is 3.48. The summed E-state index contributed by atoms with van der Waals surface area (Å²) in [5, 5.41) is 7.86. The molecule has 3 aromatic rings. The van der Waals surface area contributed by atoms with Crippen molar-refractivity contribution in [1.82, 2.24) is 20.3 Å². The van der Waals surface area contributed by atoms with Gasteiger partial charge in [0.25, 0.3) is 0 Å². The lowest BCUT2D eigenvalue weighted by Gasteiger charge is -2.38. The molecular weight excluding hydrogens is 534 g/mol. The zero-order chi connectivity index (χ0) is 22.1. The number of hydrogen-bond donors (Lipinski definition) is 3. The van der Waals surface area contributed by atoms with E-state index in [9.17, 15) is 0 Å². The topological polar surface area (TPSA) is 92.0 Å². The number of aromatic nitrogens is 3. The highest BCUT2D eigenvalue weighted by molar-refractivity contribution is 9.11. The summed E-state index contributed by atoms with van der Waals surface area (Å²) in [4.78, 5) is 16.1.